The molecule has 20 heavy (non-hydrogen) atoms. The van der Waals surface area contributed by atoms with Crippen LogP contribution in [0.15, 0.2) is 18.2 Å². The summed E-state index contributed by atoms with van der Waals surface area (Å²) in [5.41, 5.74) is 6.67. The van der Waals surface area contributed by atoms with E-state index in [-0.39, 0.29) is 19.0 Å². The zero-order valence-electron chi connectivity index (χ0n) is 12.5. The van der Waals surface area contributed by atoms with E-state index in [1.165, 1.54) is 4.90 Å². The number of nitrogens with two attached hydrogens (primary N) is 1. The van der Waals surface area contributed by atoms with Crippen LogP contribution >= 0.6 is 0 Å². The van der Waals surface area contributed by atoms with Crippen LogP contribution in [0.1, 0.15) is 35.3 Å². The highest BCUT2D eigenvalue weighted by Crippen LogP contribution is 2.14. The number of hydrogen-bond acceptors (Lipinski definition) is 3. The van der Waals surface area contributed by atoms with Gasteiger partial charge in [-0.15, -0.1) is 0 Å². The lowest BCUT2D eigenvalue weighted by Gasteiger charge is -2.26. The predicted octanol–water partition coefficient (Wildman–Crippen LogP) is 1.15. The highest BCUT2D eigenvalue weighted by molar-refractivity contribution is 5.95. The highest BCUT2D eigenvalue weighted by atomic mass is 16.3. The summed E-state index contributed by atoms with van der Waals surface area (Å²) in [7, 11) is 1.68. The van der Waals surface area contributed by atoms with E-state index in [4.69, 9.17) is 5.73 Å². The van der Waals surface area contributed by atoms with Gasteiger partial charge in [-0.2, -0.15) is 0 Å². The molecule has 0 saturated carbocycles. The van der Waals surface area contributed by atoms with Crippen LogP contribution in [0.3, 0.4) is 0 Å². The molecule has 4 nitrogen and oxygen atoms in total. The summed E-state index contributed by atoms with van der Waals surface area (Å²) < 4.78 is 0. The van der Waals surface area contributed by atoms with Crippen molar-refractivity contribution in [2.75, 3.05) is 20.1 Å². The predicted molar refractivity (Wildman–Crippen MR) is 80.4 cm³/mol. The van der Waals surface area contributed by atoms with Crippen LogP contribution in [0.25, 0.3) is 0 Å². The molecule has 0 fully saturated rings. The molecule has 108 valence electrons. The van der Waals surface area contributed by atoms with Gasteiger partial charge in [0.25, 0.3) is 5.91 Å². The molecule has 0 saturated heterocycles. The molecule has 4 heteroatoms. The highest BCUT2D eigenvalue weighted by Gasteiger charge is 2.21. The van der Waals surface area contributed by atoms with Crippen LogP contribution in [0.2, 0.25) is 0 Å². The number of rotatable bonds is 3. The fourth-order valence-electron chi connectivity index (χ4n) is 1.94. The summed E-state index contributed by atoms with van der Waals surface area (Å²) in [5.74, 6) is 5.57. The van der Waals surface area contributed by atoms with Crippen molar-refractivity contribution < 1.29 is 9.90 Å². The van der Waals surface area contributed by atoms with Crippen molar-refractivity contribution in [3.8, 4) is 11.8 Å². The van der Waals surface area contributed by atoms with Crippen molar-refractivity contribution in [1.82, 2.24) is 4.90 Å². The first kappa shape index (κ1) is 16.2. The van der Waals surface area contributed by atoms with Crippen LogP contribution in [0.5, 0.6) is 0 Å². The summed E-state index contributed by atoms with van der Waals surface area (Å²) in [6.45, 7) is 5.78. The molecule has 0 aliphatic heterocycles. The van der Waals surface area contributed by atoms with Gasteiger partial charge in [-0.05, 0) is 38.5 Å². The maximum Gasteiger partial charge on any atom is 0.254 e. The Balaban J connectivity index is 3.03. The number of hydrogen-bond donors (Lipinski definition) is 2. The van der Waals surface area contributed by atoms with Crippen molar-refractivity contribution in [2.24, 2.45) is 5.73 Å². The van der Waals surface area contributed by atoms with Gasteiger partial charge in [0.1, 0.15) is 0 Å². The average molecular weight is 274 g/mol. The average Bonchev–Trinajstić information content (AvgIpc) is 2.35. The third-order valence-corrected chi connectivity index (χ3v) is 2.77. The van der Waals surface area contributed by atoms with E-state index in [1.54, 1.807) is 27.0 Å². The van der Waals surface area contributed by atoms with Gasteiger partial charge >= 0.3 is 0 Å². The Hall–Kier alpha value is -1.83. The second-order valence-electron chi connectivity index (χ2n) is 5.51. The maximum absolute atomic E-state index is 12.4. The Morgan fingerprint density at radius 3 is 2.65 bits per heavy atom. The van der Waals surface area contributed by atoms with Crippen LogP contribution in [0, 0.1) is 18.8 Å². The fourth-order valence-corrected chi connectivity index (χ4v) is 1.94. The van der Waals surface area contributed by atoms with E-state index in [1.807, 2.05) is 19.1 Å². The molecule has 1 aromatic carbocycles. The van der Waals surface area contributed by atoms with E-state index in [0.29, 0.717) is 5.56 Å². The molecule has 0 spiro atoms. The SMILES string of the molecule is Cc1ccc(C#CCN)cc1C(=O)N(C)CC(C)(C)O. The standard InChI is InChI=1S/C16H22N2O2/c1-12-7-8-13(6-5-9-17)10-14(12)15(19)18(4)11-16(2,3)20/h7-8,10,20H,9,11,17H2,1-4H3. The Morgan fingerprint density at radius 2 is 2.10 bits per heavy atom. The molecule has 1 rings (SSSR count). The lowest BCUT2D eigenvalue weighted by molar-refractivity contribution is 0.0367. The lowest BCUT2D eigenvalue weighted by Crippen LogP contribution is -2.39. The minimum atomic E-state index is -0.921. The van der Waals surface area contributed by atoms with Gasteiger partial charge in [-0.1, -0.05) is 17.9 Å². The van der Waals surface area contributed by atoms with Gasteiger partial charge in [0, 0.05) is 24.7 Å². The smallest absolute Gasteiger partial charge is 0.254 e. The minimum Gasteiger partial charge on any atom is -0.389 e. The number of aryl methyl sites for hydroxylation is 1. The number of carbonyl (C=O) groups is 1. The van der Waals surface area contributed by atoms with Crippen LogP contribution in [0.4, 0.5) is 0 Å². The molecular weight excluding hydrogens is 252 g/mol. The second-order valence-corrected chi connectivity index (χ2v) is 5.51. The Labute approximate surface area is 120 Å². The molecule has 0 aliphatic rings. The van der Waals surface area contributed by atoms with Gasteiger partial charge in [-0.3, -0.25) is 4.79 Å². The van der Waals surface area contributed by atoms with Gasteiger partial charge in [-0.25, -0.2) is 0 Å². The zero-order chi connectivity index (χ0) is 15.3. The lowest BCUT2D eigenvalue weighted by atomic mass is 10.0. The number of nitrogens with zero attached hydrogens (tertiary/aromatic N) is 1. The summed E-state index contributed by atoms with van der Waals surface area (Å²) in [5, 5.41) is 9.79. The Kier molecular flexibility index (Phi) is 5.32. The first-order chi connectivity index (χ1) is 9.24. The minimum absolute atomic E-state index is 0.124. The molecule has 3 N–H and O–H groups in total. The molecule has 0 bridgehead atoms. The molecule has 0 radical (unpaired) electrons. The molecule has 0 heterocycles. The van der Waals surface area contributed by atoms with E-state index in [0.717, 1.165) is 11.1 Å². The number of likely N-dealkylation sites (N-methyl/N-ethyl adjacent to an activating group) is 1. The Bertz CT molecular complexity index is 548. The van der Waals surface area contributed by atoms with E-state index in [2.05, 4.69) is 11.8 Å². The van der Waals surface area contributed by atoms with Gasteiger partial charge in [0.05, 0.1) is 12.1 Å². The first-order valence-corrected chi connectivity index (χ1v) is 6.52. The zero-order valence-corrected chi connectivity index (χ0v) is 12.5. The third-order valence-electron chi connectivity index (χ3n) is 2.77. The Morgan fingerprint density at radius 1 is 1.45 bits per heavy atom. The first-order valence-electron chi connectivity index (χ1n) is 6.52. The quantitative estimate of drug-likeness (QED) is 0.813. The molecule has 1 amide bonds. The number of benzene rings is 1. The monoisotopic (exact) mass is 274 g/mol. The van der Waals surface area contributed by atoms with Crippen molar-refractivity contribution in [2.45, 2.75) is 26.4 Å². The van der Waals surface area contributed by atoms with E-state index in [9.17, 15) is 9.90 Å². The topological polar surface area (TPSA) is 66.6 Å². The normalized spacial score (nSPS) is 10.7. The third kappa shape index (κ3) is 4.69. The number of aliphatic hydroxyl groups is 1. The van der Waals surface area contributed by atoms with Crippen LogP contribution in [-0.4, -0.2) is 41.7 Å². The summed E-state index contributed by atoms with van der Waals surface area (Å²) in [6, 6.07) is 5.50. The van der Waals surface area contributed by atoms with Gasteiger partial charge in [0.2, 0.25) is 0 Å². The van der Waals surface area contributed by atoms with Gasteiger partial charge < -0.3 is 15.7 Å². The fraction of sp³-hybridized carbons (Fsp3) is 0.438. The van der Waals surface area contributed by atoms with Crippen LogP contribution in [-0.2, 0) is 0 Å². The molecule has 0 atom stereocenters. The number of carbonyl (C=O) groups excluding carboxylic acids is 1. The molecule has 0 aliphatic carbocycles. The molecule has 1 aromatic rings. The molecule has 0 unspecified atom stereocenters. The molecule has 0 aromatic heterocycles. The van der Waals surface area contributed by atoms with Crippen molar-refractivity contribution >= 4 is 5.91 Å². The largest absolute Gasteiger partial charge is 0.389 e. The summed E-state index contributed by atoms with van der Waals surface area (Å²) in [6.07, 6.45) is 0. The van der Waals surface area contributed by atoms with Crippen molar-refractivity contribution in [3.05, 3.63) is 34.9 Å². The maximum atomic E-state index is 12.4. The van der Waals surface area contributed by atoms with Crippen molar-refractivity contribution in [3.63, 3.8) is 0 Å². The van der Waals surface area contributed by atoms with Gasteiger partial charge in [0.15, 0.2) is 0 Å². The summed E-state index contributed by atoms with van der Waals surface area (Å²) in [4.78, 5) is 13.9. The summed E-state index contributed by atoms with van der Waals surface area (Å²) >= 11 is 0. The number of amides is 1. The second kappa shape index (κ2) is 6.56. The molecular formula is C16H22N2O2. The van der Waals surface area contributed by atoms with E-state index >= 15 is 0 Å². The van der Waals surface area contributed by atoms with E-state index < -0.39 is 5.60 Å². The van der Waals surface area contributed by atoms with Crippen molar-refractivity contribution in [1.29, 1.82) is 0 Å². The van der Waals surface area contributed by atoms with Crippen LogP contribution < -0.4 is 5.73 Å².